The highest BCUT2D eigenvalue weighted by atomic mass is 79.9. The van der Waals surface area contributed by atoms with E-state index in [2.05, 4.69) is 15.9 Å². The molecule has 110 valence electrons. The van der Waals surface area contributed by atoms with Crippen molar-refractivity contribution >= 4 is 21.8 Å². The zero-order chi connectivity index (χ0) is 14.7. The van der Waals surface area contributed by atoms with E-state index in [1.165, 1.54) is 0 Å². The monoisotopic (exact) mass is 339 g/mol. The van der Waals surface area contributed by atoms with Crippen LogP contribution in [0.1, 0.15) is 41.6 Å². The minimum atomic E-state index is 0.0816. The van der Waals surface area contributed by atoms with Gasteiger partial charge in [0.1, 0.15) is 0 Å². The molecule has 3 nitrogen and oxygen atoms in total. The lowest BCUT2D eigenvalue weighted by Gasteiger charge is -2.34. The molecule has 1 aliphatic carbocycles. The second kappa shape index (κ2) is 6.72. The average molecular weight is 340 g/mol. The van der Waals surface area contributed by atoms with Crippen molar-refractivity contribution in [3.63, 3.8) is 0 Å². The van der Waals surface area contributed by atoms with Crippen LogP contribution in [0, 0.1) is 12.8 Å². The Hall–Kier alpha value is -0.870. The minimum Gasteiger partial charge on any atom is -0.396 e. The molecule has 0 aromatic heterocycles. The van der Waals surface area contributed by atoms with Crippen LogP contribution in [-0.4, -0.2) is 35.6 Å². The van der Waals surface area contributed by atoms with Crippen molar-refractivity contribution < 1.29 is 9.90 Å². The molecule has 1 aromatic carbocycles. The third-order valence-electron chi connectivity index (χ3n) is 4.36. The van der Waals surface area contributed by atoms with Gasteiger partial charge in [0.25, 0.3) is 5.91 Å². The fourth-order valence-corrected chi connectivity index (χ4v) is 3.19. The van der Waals surface area contributed by atoms with Crippen LogP contribution in [0.2, 0.25) is 0 Å². The van der Waals surface area contributed by atoms with Gasteiger partial charge in [0.15, 0.2) is 0 Å². The summed E-state index contributed by atoms with van der Waals surface area (Å²) in [5.74, 6) is 0.501. The number of benzene rings is 1. The smallest absolute Gasteiger partial charge is 0.253 e. The number of aliphatic hydroxyl groups is 1. The summed E-state index contributed by atoms with van der Waals surface area (Å²) in [6, 6.07) is 6.05. The van der Waals surface area contributed by atoms with Crippen LogP contribution in [0.4, 0.5) is 0 Å². The van der Waals surface area contributed by atoms with Crippen LogP contribution < -0.4 is 0 Å². The molecule has 1 aliphatic rings. The predicted octanol–water partition coefficient (Wildman–Crippen LogP) is 3.38. The molecule has 0 aliphatic heterocycles. The highest BCUT2D eigenvalue weighted by Gasteiger charge is 2.26. The molecule has 0 heterocycles. The third-order valence-corrected chi connectivity index (χ3v) is 5.22. The molecule has 1 fully saturated rings. The molecule has 0 spiro atoms. The number of carbonyl (C=O) groups is 1. The molecule has 1 amide bonds. The molecule has 0 unspecified atom stereocenters. The van der Waals surface area contributed by atoms with Crippen molar-refractivity contribution in [3.8, 4) is 0 Å². The second-order valence-corrected chi connectivity index (χ2v) is 6.59. The minimum absolute atomic E-state index is 0.0816. The predicted molar refractivity (Wildman–Crippen MR) is 83.8 cm³/mol. The Morgan fingerprint density at radius 1 is 1.35 bits per heavy atom. The fraction of sp³-hybridized carbons (Fsp3) is 0.562. The first kappa shape index (κ1) is 15.5. The molecule has 2 rings (SSSR count). The summed E-state index contributed by atoms with van der Waals surface area (Å²) < 4.78 is 0.973. The van der Waals surface area contributed by atoms with E-state index < -0.39 is 0 Å². The molecular formula is C16H22BrNO2. The van der Waals surface area contributed by atoms with Crippen molar-refractivity contribution in [1.82, 2.24) is 4.90 Å². The van der Waals surface area contributed by atoms with Gasteiger partial charge >= 0.3 is 0 Å². The van der Waals surface area contributed by atoms with Gasteiger partial charge in [-0.15, -0.1) is 0 Å². The summed E-state index contributed by atoms with van der Waals surface area (Å²) in [7, 11) is 1.89. The van der Waals surface area contributed by atoms with Gasteiger partial charge in [-0.25, -0.2) is 0 Å². The first-order valence-corrected chi connectivity index (χ1v) is 7.96. The maximum atomic E-state index is 12.5. The number of aryl methyl sites for hydroxylation is 1. The number of halogens is 1. The molecule has 4 heteroatoms. The molecule has 0 radical (unpaired) electrons. The Labute approximate surface area is 129 Å². The highest BCUT2D eigenvalue weighted by molar-refractivity contribution is 9.10. The van der Waals surface area contributed by atoms with Crippen molar-refractivity contribution in [2.45, 2.75) is 38.6 Å². The first-order valence-electron chi connectivity index (χ1n) is 7.17. The lowest BCUT2D eigenvalue weighted by Crippen LogP contribution is -2.39. The number of hydrogen-bond acceptors (Lipinski definition) is 2. The SMILES string of the molecule is Cc1ccc(C(=O)N(C)C2CCC(CO)CC2)cc1Br. The Morgan fingerprint density at radius 3 is 2.55 bits per heavy atom. The molecule has 0 bridgehead atoms. The molecule has 1 N–H and O–H groups in total. The number of nitrogens with zero attached hydrogens (tertiary/aromatic N) is 1. The summed E-state index contributed by atoms with van der Waals surface area (Å²) >= 11 is 3.48. The van der Waals surface area contributed by atoms with E-state index in [1.54, 1.807) is 0 Å². The Kier molecular flexibility index (Phi) is 5.22. The van der Waals surface area contributed by atoms with Crippen LogP contribution in [0.5, 0.6) is 0 Å². The van der Waals surface area contributed by atoms with E-state index in [0.717, 1.165) is 41.3 Å². The summed E-state index contributed by atoms with van der Waals surface area (Å²) in [6.07, 6.45) is 3.99. The van der Waals surface area contributed by atoms with Crippen LogP contribution in [0.15, 0.2) is 22.7 Å². The zero-order valence-electron chi connectivity index (χ0n) is 12.1. The average Bonchev–Trinajstić information content (AvgIpc) is 2.48. The van der Waals surface area contributed by atoms with Gasteiger partial charge in [0.05, 0.1) is 0 Å². The summed E-state index contributed by atoms with van der Waals surface area (Å²) in [6.45, 7) is 2.29. The number of rotatable bonds is 3. The van der Waals surface area contributed by atoms with Gasteiger partial charge in [-0.05, 0) is 56.2 Å². The van der Waals surface area contributed by atoms with Gasteiger partial charge in [-0.2, -0.15) is 0 Å². The lowest BCUT2D eigenvalue weighted by molar-refractivity contribution is 0.0653. The Morgan fingerprint density at radius 2 is 2.00 bits per heavy atom. The van der Waals surface area contributed by atoms with E-state index in [1.807, 2.05) is 37.1 Å². The van der Waals surface area contributed by atoms with Crippen LogP contribution in [-0.2, 0) is 0 Å². The summed E-state index contributed by atoms with van der Waals surface area (Å²) in [5.41, 5.74) is 1.86. The molecular weight excluding hydrogens is 318 g/mol. The standard InChI is InChI=1S/C16H22BrNO2/c1-11-3-6-13(9-15(11)17)16(20)18(2)14-7-4-12(10-19)5-8-14/h3,6,9,12,14,19H,4-5,7-8,10H2,1-2H3. The Balaban J connectivity index is 2.03. The van der Waals surface area contributed by atoms with E-state index >= 15 is 0 Å². The van der Waals surface area contributed by atoms with Crippen LogP contribution in [0.25, 0.3) is 0 Å². The lowest BCUT2D eigenvalue weighted by atomic mass is 9.86. The number of aliphatic hydroxyl groups excluding tert-OH is 1. The number of amides is 1. The van der Waals surface area contributed by atoms with Crippen molar-refractivity contribution in [1.29, 1.82) is 0 Å². The quantitative estimate of drug-likeness (QED) is 0.916. The molecule has 20 heavy (non-hydrogen) atoms. The largest absolute Gasteiger partial charge is 0.396 e. The van der Waals surface area contributed by atoms with Gasteiger partial charge in [-0.3, -0.25) is 4.79 Å². The maximum Gasteiger partial charge on any atom is 0.253 e. The van der Waals surface area contributed by atoms with Crippen molar-refractivity contribution in [3.05, 3.63) is 33.8 Å². The van der Waals surface area contributed by atoms with Crippen LogP contribution in [0.3, 0.4) is 0 Å². The number of carbonyl (C=O) groups excluding carboxylic acids is 1. The van der Waals surface area contributed by atoms with E-state index in [4.69, 9.17) is 0 Å². The summed E-state index contributed by atoms with van der Waals surface area (Å²) in [5, 5.41) is 9.17. The first-order chi connectivity index (χ1) is 9.52. The van der Waals surface area contributed by atoms with Crippen molar-refractivity contribution in [2.75, 3.05) is 13.7 Å². The van der Waals surface area contributed by atoms with Gasteiger partial charge in [0, 0.05) is 29.7 Å². The second-order valence-electron chi connectivity index (χ2n) is 5.74. The van der Waals surface area contributed by atoms with E-state index in [9.17, 15) is 9.90 Å². The molecule has 1 saturated carbocycles. The van der Waals surface area contributed by atoms with Crippen molar-refractivity contribution in [2.24, 2.45) is 5.92 Å². The zero-order valence-corrected chi connectivity index (χ0v) is 13.7. The molecule has 0 saturated heterocycles. The normalized spacial score (nSPS) is 22.6. The van der Waals surface area contributed by atoms with Gasteiger partial charge in [-0.1, -0.05) is 22.0 Å². The van der Waals surface area contributed by atoms with E-state index in [0.29, 0.717) is 12.0 Å². The topological polar surface area (TPSA) is 40.5 Å². The Bertz CT molecular complexity index is 481. The molecule has 1 aromatic rings. The van der Waals surface area contributed by atoms with E-state index in [-0.39, 0.29) is 12.5 Å². The maximum absolute atomic E-state index is 12.5. The van der Waals surface area contributed by atoms with Crippen LogP contribution >= 0.6 is 15.9 Å². The highest BCUT2D eigenvalue weighted by Crippen LogP contribution is 2.28. The number of hydrogen-bond donors (Lipinski definition) is 1. The summed E-state index contributed by atoms with van der Waals surface area (Å²) in [4.78, 5) is 14.4. The van der Waals surface area contributed by atoms with Gasteiger partial charge < -0.3 is 10.0 Å². The van der Waals surface area contributed by atoms with Gasteiger partial charge in [0.2, 0.25) is 0 Å². The fourth-order valence-electron chi connectivity index (χ4n) is 2.81. The third kappa shape index (κ3) is 3.41. The molecule has 0 atom stereocenters.